The van der Waals surface area contributed by atoms with Crippen LogP contribution < -0.4 is 4.90 Å². The summed E-state index contributed by atoms with van der Waals surface area (Å²) in [4.78, 5) is 7.06. The Kier molecular flexibility index (Phi) is 4.27. The van der Waals surface area contributed by atoms with Gasteiger partial charge in [0.05, 0.1) is 0 Å². The molecular weight excluding hydrogens is 232 g/mol. The smallest absolute Gasteiger partial charge is 0.128 e. The molecule has 1 saturated heterocycles. The molecule has 0 aromatic carbocycles. The number of pyridine rings is 1. The fraction of sp³-hybridized carbons (Fsp3) is 0.643. The highest BCUT2D eigenvalue weighted by Crippen LogP contribution is 2.24. The molecule has 94 valence electrons. The van der Waals surface area contributed by atoms with Crippen molar-refractivity contribution in [3.05, 3.63) is 23.4 Å². The van der Waals surface area contributed by atoms with Crippen LogP contribution in [-0.2, 0) is 5.88 Å². The fourth-order valence-corrected chi connectivity index (χ4v) is 2.75. The third-order valence-corrected chi connectivity index (χ3v) is 4.13. The third-order valence-electron chi connectivity index (χ3n) is 3.84. The van der Waals surface area contributed by atoms with Crippen LogP contribution in [-0.4, -0.2) is 18.1 Å². The monoisotopic (exact) mass is 252 g/mol. The van der Waals surface area contributed by atoms with E-state index >= 15 is 0 Å². The topological polar surface area (TPSA) is 16.1 Å². The lowest BCUT2D eigenvalue weighted by molar-refractivity contribution is 0.393. The summed E-state index contributed by atoms with van der Waals surface area (Å²) in [5.74, 6) is 2.58. The predicted octanol–water partition coefficient (Wildman–Crippen LogP) is 3.76. The van der Waals surface area contributed by atoms with Crippen LogP contribution in [0.1, 0.15) is 37.4 Å². The zero-order valence-corrected chi connectivity index (χ0v) is 11.5. The van der Waals surface area contributed by atoms with Gasteiger partial charge in [-0.15, -0.1) is 11.6 Å². The Bertz CT molecular complexity index is 370. The summed E-state index contributed by atoms with van der Waals surface area (Å²) in [6, 6.07) is 4.22. The molecule has 3 heteroatoms. The zero-order valence-electron chi connectivity index (χ0n) is 10.7. The molecule has 0 atom stereocenters. The zero-order chi connectivity index (χ0) is 12.3. The molecule has 1 aliphatic heterocycles. The lowest BCUT2D eigenvalue weighted by Crippen LogP contribution is -2.34. The van der Waals surface area contributed by atoms with E-state index in [0.29, 0.717) is 5.88 Å². The van der Waals surface area contributed by atoms with Crippen LogP contribution in [0, 0.1) is 12.8 Å². The summed E-state index contributed by atoms with van der Waals surface area (Å²) >= 11 is 5.85. The Morgan fingerprint density at radius 1 is 1.35 bits per heavy atom. The van der Waals surface area contributed by atoms with Crippen LogP contribution in [0.4, 0.5) is 5.82 Å². The fourth-order valence-electron chi connectivity index (χ4n) is 2.46. The van der Waals surface area contributed by atoms with Gasteiger partial charge in [-0.2, -0.15) is 0 Å². The van der Waals surface area contributed by atoms with Crippen LogP contribution in [0.15, 0.2) is 12.1 Å². The second kappa shape index (κ2) is 5.72. The number of hydrogen-bond donors (Lipinski definition) is 0. The molecule has 0 amide bonds. The molecule has 1 aromatic heterocycles. The number of nitrogens with zero attached hydrogens (tertiary/aromatic N) is 2. The quantitative estimate of drug-likeness (QED) is 0.762. The molecule has 0 N–H and O–H groups in total. The minimum atomic E-state index is 0.553. The molecule has 0 saturated carbocycles. The van der Waals surface area contributed by atoms with Crippen molar-refractivity contribution in [2.45, 2.75) is 39.0 Å². The van der Waals surface area contributed by atoms with E-state index in [9.17, 15) is 0 Å². The molecule has 0 aliphatic carbocycles. The summed E-state index contributed by atoms with van der Waals surface area (Å²) in [6.45, 7) is 6.62. The maximum atomic E-state index is 5.85. The second-order valence-electron chi connectivity index (χ2n) is 4.89. The molecule has 0 unspecified atom stereocenters. The van der Waals surface area contributed by atoms with E-state index in [4.69, 9.17) is 11.6 Å². The molecule has 0 radical (unpaired) electrons. The van der Waals surface area contributed by atoms with Gasteiger partial charge in [0, 0.05) is 24.7 Å². The molecule has 1 aliphatic rings. The van der Waals surface area contributed by atoms with E-state index in [1.54, 1.807) is 0 Å². The first-order valence-electron chi connectivity index (χ1n) is 6.52. The average Bonchev–Trinajstić information content (AvgIpc) is 2.39. The molecule has 2 nitrogen and oxygen atoms in total. The van der Waals surface area contributed by atoms with E-state index in [-0.39, 0.29) is 0 Å². The maximum absolute atomic E-state index is 5.85. The van der Waals surface area contributed by atoms with Gasteiger partial charge in [-0.1, -0.05) is 19.4 Å². The minimum Gasteiger partial charge on any atom is -0.357 e. The Labute approximate surface area is 109 Å². The van der Waals surface area contributed by atoms with E-state index < -0.39 is 0 Å². The lowest BCUT2D eigenvalue weighted by atomic mass is 9.94. The van der Waals surface area contributed by atoms with Crippen molar-refractivity contribution in [1.29, 1.82) is 0 Å². The summed E-state index contributed by atoms with van der Waals surface area (Å²) < 4.78 is 0. The van der Waals surface area contributed by atoms with Crippen LogP contribution in [0.3, 0.4) is 0 Å². The highest BCUT2D eigenvalue weighted by atomic mass is 35.5. The van der Waals surface area contributed by atoms with Gasteiger partial charge >= 0.3 is 0 Å². The highest BCUT2D eigenvalue weighted by Gasteiger charge is 2.18. The standard InChI is InChI=1S/C14H21ClN2/c1-3-12-6-8-17(9-7-12)14-5-4-13(10-15)11(2)16-14/h4-5,12H,3,6-10H2,1-2H3. The first kappa shape index (κ1) is 12.7. The predicted molar refractivity (Wildman–Crippen MR) is 73.8 cm³/mol. The molecule has 2 rings (SSSR count). The Morgan fingerprint density at radius 2 is 2.06 bits per heavy atom. The summed E-state index contributed by atoms with van der Waals surface area (Å²) in [5, 5.41) is 0. The van der Waals surface area contributed by atoms with Gasteiger partial charge in [-0.25, -0.2) is 4.98 Å². The normalized spacial score (nSPS) is 17.5. The van der Waals surface area contributed by atoms with Gasteiger partial charge in [0.15, 0.2) is 0 Å². The molecule has 0 spiro atoms. The van der Waals surface area contributed by atoms with Crippen molar-refractivity contribution in [3.8, 4) is 0 Å². The van der Waals surface area contributed by atoms with E-state index in [0.717, 1.165) is 36.1 Å². The van der Waals surface area contributed by atoms with Gasteiger partial charge in [-0.3, -0.25) is 0 Å². The second-order valence-corrected chi connectivity index (χ2v) is 5.15. The number of piperidine rings is 1. The van der Waals surface area contributed by atoms with Crippen molar-refractivity contribution >= 4 is 17.4 Å². The molecule has 17 heavy (non-hydrogen) atoms. The van der Waals surface area contributed by atoms with E-state index in [1.807, 2.05) is 6.92 Å². The van der Waals surface area contributed by atoms with Crippen molar-refractivity contribution in [3.63, 3.8) is 0 Å². The summed E-state index contributed by atoms with van der Waals surface area (Å²) in [6.07, 6.45) is 3.91. The van der Waals surface area contributed by atoms with Crippen LogP contribution in [0.2, 0.25) is 0 Å². The summed E-state index contributed by atoms with van der Waals surface area (Å²) in [5.41, 5.74) is 2.20. The third kappa shape index (κ3) is 2.92. The highest BCUT2D eigenvalue weighted by molar-refractivity contribution is 6.17. The van der Waals surface area contributed by atoms with Gasteiger partial charge in [0.1, 0.15) is 5.82 Å². The van der Waals surface area contributed by atoms with Crippen molar-refractivity contribution < 1.29 is 0 Å². The number of anilines is 1. The Balaban J connectivity index is 2.06. The number of hydrogen-bond acceptors (Lipinski definition) is 2. The molecule has 0 bridgehead atoms. The molecule has 1 aromatic rings. The van der Waals surface area contributed by atoms with Gasteiger partial charge in [0.2, 0.25) is 0 Å². The average molecular weight is 253 g/mol. The van der Waals surface area contributed by atoms with Crippen LogP contribution in [0.5, 0.6) is 0 Å². The van der Waals surface area contributed by atoms with Crippen LogP contribution in [0.25, 0.3) is 0 Å². The van der Waals surface area contributed by atoms with Gasteiger partial charge in [0.25, 0.3) is 0 Å². The SMILES string of the molecule is CCC1CCN(c2ccc(CCl)c(C)n2)CC1. The van der Waals surface area contributed by atoms with Gasteiger partial charge in [-0.05, 0) is 37.3 Å². The maximum Gasteiger partial charge on any atom is 0.128 e. The number of halogens is 1. The van der Waals surface area contributed by atoms with Crippen molar-refractivity contribution in [1.82, 2.24) is 4.98 Å². The van der Waals surface area contributed by atoms with Gasteiger partial charge < -0.3 is 4.90 Å². The lowest BCUT2D eigenvalue weighted by Gasteiger charge is -2.32. The Hall–Kier alpha value is -0.760. The largest absolute Gasteiger partial charge is 0.357 e. The van der Waals surface area contributed by atoms with Crippen molar-refractivity contribution in [2.75, 3.05) is 18.0 Å². The molecule has 2 heterocycles. The van der Waals surface area contributed by atoms with Crippen molar-refractivity contribution in [2.24, 2.45) is 5.92 Å². The minimum absolute atomic E-state index is 0.553. The van der Waals surface area contributed by atoms with Crippen LogP contribution >= 0.6 is 11.6 Å². The van der Waals surface area contributed by atoms with E-state index in [2.05, 4.69) is 28.9 Å². The number of aryl methyl sites for hydroxylation is 1. The summed E-state index contributed by atoms with van der Waals surface area (Å²) in [7, 11) is 0. The molecule has 1 fully saturated rings. The first-order chi connectivity index (χ1) is 8.24. The Morgan fingerprint density at radius 3 is 2.59 bits per heavy atom. The number of aromatic nitrogens is 1. The first-order valence-corrected chi connectivity index (χ1v) is 7.05. The number of rotatable bonds is 3. The number of alkyl halides is 1. The molecular formula is C14H21ClN2. The van der Waals surface area contributed by atoms with E-state index in [1.165, 1.54) is 19.3 Å².